The fourth-order valence-corrected chi connectivity index (χ4v) is 3.89. The minimum Gasteiger partial charge on any atom is -0.456 e. The molecule has 9 heteroatoms. The Hall–Kier alpha value is -3.07. The average molecular weight is 398 g/mol. The zero-order valence-electron chi connectivity index (χ0n) is 15.3. The molecule has 8 nitrogen and oxygen atoms in total. The number of benzene rings is 1. The maximum absolute atomic E-state index is 12.3. The molecule has 28 heavy (non-hydrogen) atoms. The molecule has 0 unspecified atom stereocenters. The van der Waals surface area contributed by atoms with Gasteiger partial charge in [-0.1, -0.05) is 18.3 Å². The van der Waals surface area contributed by atoms with Crippen LogP contribution in [0.1, 0.15) is 40.8 Å². The molecule has 1 aliphatic heterocycles. The Bertz CT molecular complexity index is 1100. The van der Waals surface area contributed by atoms with Crippen molar-refractivity contribution < 1.29 is 14.3 Å². The molecule has 2 aromatic heterocycles. The number of fused-ring (bicyclic) bond motifs is 1. The van der Waals surface area contributed by atoms with Gasteiger partial charge in [0.05, 0.1) is 11.3 Å². The van der Waals surface area contributed by atoms with Crippen molar-refractivity contribution in [3.8, 4) is 0 Å². The monoisotopic (exact) mass is 398 g/mol. The first-order valence-electron chi connectivity index (χ1n) is 9.01. The smallest absolute Gasteiger partial charge is 0.338 e. The van der Waals surface area contributed by atoms with Crippen LogP contribution in [0.5, 0.6) is 0 Å². The molecule has 3 aromatic rings. The summed E-state index contributed by atoms with van der Waals surface area (Å²) < 4.78 is 6.55. The quantitative estimate of drug-likeness (QED) is 0.612. The molecule has 1 aliphatic rings. The lowest BCUT2D eigenvalue weighted by atomic mass is 10.2. The Kier molecular flexibility index (Phi) is 4.91. The molecule has 0 atom stereocenters. The molecule has 1 saturated heterocycles. The van der Waals surface area contributed by atoms with Gasteiger partial charge in [-0.25, -0.2) is 9.78 Å². The molecule has 1 amide bonds. The second-order valence-electron chi connectivity index (χ2n) is 6.40. The Morgan fingerprint density at radius 1 is 1.25 bits per heavy atom. The summed E-state index contributed by atoms with van der Waals surface area (Å²) in [5.41, 5.74) is 1.23. The lowest BCUT2D eigenvalue weighted by molar-refractivity contribution is -0.117. The predicted octanol–water partition coefficient (Wildman–Crippen LogP) is 2.20. The maximum atomic E-state index is 12.3. The number of hydrogen-bond donors (Lipinski definition) is 0. The van der Waals surface area contributed by atoms with Gasteiger partial charge in [0.2, 0.25) is 10.9 Å². The van der Waals surface area contributed by atoms with E-state index in [2.05, 4.69) is 10.1 Å². The number of carbonyl (C=O) groups is 2. The van der Waals surface area contributed by atoms with Crippen molar-refractivity contribution in [3.05, 3.63) is 57.0 Å². The van der Waals surface area contributed by atoms with E-state index in [0.29, 0.717) is 29.2 Å². The Labute approximate surface area is 164 Å². The van der Waals surface area contributed by atoms with Gasteiger partial charge in [-0.2, -0.15) is 9.61 Å². The molecule has 0 spiro atoms. The van der Waals surface area contributed by atoms with E-state index in [1.54, 1.807) is 29.2 Å². The van der Waals surface area contributed by atoms with Crippen LogP contribution in [0, 0.1) is 0 Å². The topological polar surface area (TPSA) is 93.9 Å². The van der Waals surface area contributed by atoms with Crippen LogP contribution in [0.25, 0.3) is 4.96 Å². The average Bonchev–Trinajstić information content (AvgIpc) is 3.32. The summed E-state index contributed by atoms with van der Waals surface area (Å²) in [6, 6.07) is 8.05. The third kappa shape index (κ3) is 3.53. The molecule has 1 aromatic carbocycles. The first-order chi connectivity index (χ1) is 13.5. The third-order valence-corrected chi connectivity index (χ3v) is 5.53. The van der Waals surface area contributed by atoms with E-state index in [0.717, 1.165) is 23.5 Å². The highest BCUT2D eigenvalue weighted by atomic mass is 32.1. The zero-order chi connectivity index (χ0) is 19.7. The summed E-state index contributed by atoms with van der Waals surface area (Å²) in [6.07, 6.45) is 2.12. The highest BCUT2D eigenvalue weighted by Crippen LogP contribution is 2.22. The summed E-state index contributed by atoms with van der Waals surface area (Å²) in [7, 11) is 0. The van der Waals surface area contributed by atoms with E-state index in [-0.39, 0.29) is 18.1 Å². The molecular formula is C19H18N4O4S. The summed E-state index contributed by atoms with van der Waals surface area (Å²) in [6.45, 7) is 2.55. The van der Waals surface area contributed by atoms with Gasteiger partial charge in [-0.15, -0.1) is 0 Å². The van der Waals surface area contributed by atoms with Gasteiger partial charge in [0.1, 0.15) is 11.6 Å². The Balaban J connectivity index is 1.44. The van der Waals surface area contributed by atoms with E-state index < -0.39 is 5.97 Å². The van der Waals surface area contributed by atoms with Gasteiger partial charge < -0.3 is 9.64 Å². The van der Waals surface area contributed by atoms with Crippen molar-refractivity contribution in [1.82, 2.24) is 14.6 Å². The van der Waals surface area contributed by atoms with Crippen LogP contribution < -0.4 is 10.5 Å². The van der Waals surface area contributed by atoms with E-state index in [1.807, 2.05) is 6.92 Å². The summed E-state index contributed by atoms with van der Waals surface area (Å²) in [4.78, 5) is 42.7. The number of carbonyl (C=O) groups excluding carboxylic acids is 2. The van der Waals surface area contributed by atoms with Gasteiger partial charge in [-0.3, -0.25) is 9.59 Å². The van der Waals surface area contributed by atoms with Crippen LogP contribution in [0.3, 0.4) is 0 Å². The molecule has 0 aliphatic carbocycles. The highest BCUT2D eigenvalue weighted by molar-refractivity contribution is 7.16. The van der Waals surface area contributed by atoms with Crippen LogP contribution in [0.15, 0.2) is 35.1 Å². The van der Waals surface area contributed by atoms with Crippen LogP contribution in [0.2, 0.25) is 0 Å². The predicted molar refractivity (Wildman–Crippen MR) is 104 cm³/mol. The molecule has 4 rings (SSSR count). The first kappa shape index (κ1) is 18.3. The van der Waals surface area contributed by atoms with E-state index in [4.69, 9.17) is 4.74 Å². The second kappa shape index (κ2) is 7.51. The zero-order valence-corrected chi connectivity index (χ0v) is 16.1. The number of nitrogens with zero attached hydrogens (tertiary/aromatic N) is 4. The van der Waals surface area contributed by atoms with E-state index in [9.17, 15) is 14.4 Å². The molecule has 1 fully saturated rings. The Morgan fingerprint density at radius 2 is 2.04 bits per heavy atom. The summed E-state index contributed by atoms with van der Waals surface area (Å²) in [5.74, 6) is -0.419. The number of rotatable bonds is 5. The maximum Gasteiger partial charge on any atom is 0.338 e. The van der Waals surface area contributed by atoms with Gasteiger partial charge in [0.25, 0.3) is 5.56 Å². The number of anilines is 1. The van der Waals surface area contributed by atoms with Crippen molar-refractivity contribution in [2.45, 2.75) is 32.8 Å². The molecule has 0 bridgehead atoms. The largest absolute Gasteiger partial charge is 0.456 e. The molecular weight excluding hydrogens is 380 g/mol. The standard InChI is InChI=1S/C19H18N4O4S/c1-2-15-21-23-17(25)10-13(20-19(23)28-15)11-27-18(26)12-5-7-14(8-6-12)22-9-3-4-16(22)24/h5-8,10H,2-4,9,11H2,1H3. The number of aryl methyl sites for hydroxylation is 1. The van der Waals surface area contributed by atoms with Crippen LogP contribution >= 0.6 is 11.3 Å². The van der Waals surface area contributed by atoms with Crippen molar-refractivity contribution in [2.75, 3.05) is 11.4 Å². The fraction of sp³-hybridized carbons (Fsp3) is 0.316. The highest BCUT2D eigenvalue weighted by Gasteiger charge is 2.21. The first-order valence-corrected chi connectivity index (χ1v) is 9.83. The van der Waals surface area contributed by atoms with E-state index >= 15 is 0 Å². The van der Waals surface area contributed by atoms with Gasteiger partial charge in [0.15, 0.2) is 0 Å². The third-order valence-electron chi connectivity index (χ3n) is 4.48. The molecule has 0 saturated carbocycles. The van der Waals surface area contributed by atoms with Crippen molar-refractivity contribution >= 4 is 33.9 Å². The fourth-order valence-electron chi connectivity index (χ4n) is 3.03. The van der Waals surface area contributed by atoms with Crippen LogP contribution in [-0.4, -0.2) is 33.0 Å². The molecule has 0 N–H and O–H groups in total. The van der Waals surface area contributed by atoms with Crippen LogP contribution in [-0.2, 0) is 22.6 Å². The molecule has 0 radical (unpaired) electrons. The van der Waals surface area contributed by atoms with Gasteiger partial charge >= 0.3 is 5.97 Å². The lowest BCUT2D eigenvalue weighted by Gasteiger charge is -2.15. The number of aromatic nitrogens is 3. The summed E-state index contributed by atoms with van der Waals surface area (Å²) in [5, 5.41) is 5.00. The molecule has 144 valence electrons. The van der Waals surface area contributed by atoms with Crippen molar-refractivity contribution in [1.29, 1.82) is 0 Å². The van der Waals surface area contributed by atoms with Gasteiger partial charge in [-0.05, 0) is 37.1 Å². The van der Waals surface area contributed by atoms with E-state index in [1.165, 1.54) is 21.9 Å². The minimum atomic E-state index is -0.514. The van der Waals surface area contributed by atoms with Crippen molar-refractivity contribution in [2.24, 2.45) is 0 Å². The summed E-state index contributed by atoms with van der Waals surface area (Å²) >= 11 is 1.34. The number of esters is 1. The lowest BCUT2D eigenvalue weighted by Crippen LogP contribution is -2.23. The van der Waals surface area contributed by atoms with Gasteiger partial charge in [0, 0.05) is 24.7 Å². The van der Waals surface area contributed by atoms with Crippen LogP contribution in [0.4, 0.5) is 5.69 Å². The number of hydrogen-bond acceptors (Lipinski definition) is 7. The SMILES string of the molecule is CCc1nn2c(=O)cc(COC(=O)c3ccc(N4CCCC4=O)cc3)nc2s1. The molecule has 3 heterocycles. The Morgan fingerprint density at radius 3 is 2.71 bits per heavy atom. The minimum absolute atomic E-state index is 0.0948. The number of ether oxygens (including phenoxy) is 1. The second-order valence-corrected chi connectivity index (χ2v) is 7.44. The van der Waals surface area contributed by atoms with Crippen molar-refractivity contribution in [3.63, 3.8) is 0 Å². The normalized spacial score (nSPS) is 14.0. The number of amides is 1.